The van der Waals surface area contributed by atoms with E-state index in [1.165, 1.54) is 30.3 Å². The molecule has 6 nitrogen and oxygen atoms in total. The van der Waals surface area contributed by atoms with Gasteiger partial charge < -0.3 is 19.3 Å². The van der Waals surface area contributed by atoms with Gasteiger partial charge in [0, 0.05) is 19.6 Å². The molecular weight excluding hydrogens is 524 g/mol. The third kappa shape index (κ3) is 8.09. The number of hydrogen-bond acceptors (Lipinski definition) is 5. The highest BCUT2D eigenvalue weighted by molar-refractivity contribution is 6.31. The third-order valence-corrected chi connectivity index (χ3v) is 5.50. The maximum absolute atomic E-state index is 13.8. The Bertz CT molecular complexity index is 1010. The summed E-state index contributed by atoms with van der Waals surface area (Å²) in [5.74, 6) is -1.40. The predicted octanol–water partition coefficient (Wildman–Crippen LogP) is 5.81. The summed E-state index contributed by atoms with van der Waals surface area (Å²) in [6.07, 6.45) is -5.77. The molecule has 3 rings (SSSR count). The van der Waals surface area contributed by atoms with Crippen molar-refractivity contribution in [2.75, 3.05) is 26.2 Å². The number of carboxylic acids is 1. The van der Waals surface area contributed by atoms with Gasteiger partial charge in [0.1, 0.15) is 18.1 Å². The number of carboxylic acid groups (broad SMARTS) is 1. The van der Waals surface area contributed by atoms with Crippen molar-refractivity contribution in [3.63, 3.8) is 0 Å². The van der Waals surface area contributed by atoms with E-state index in [-0.39, 0.29) is 66.2 Å². The Kier molecular flexibility index (Phi) is 10.4. The molecule has 0 aromatic heterocycles. The predicted molar refractivity (Wildman–Crippen MR) is 118 cm³/mol. The maximum Gasteiger partial charge on any atom is 0.416 e. The van der Waals surface area contributed by atoms with Crippen LogP contribution in [0.3, 0.4) is 0 Å². The lowest BCUT2D eigenvalue weighted by Crippen LogP contribution is -2.40. The molecule has 1 fully saturated rings. The van der Waals surface area contributed by atoms with Crippen molar-refractivity contribution in [1.29, 1.82) is 0 Å². The number of nitrogens with zero attached hydrogens (tertiary/aromatic N) is 1. The van der Waals surface area contributed by atoms with Crippen LogP contribution >= 0.6 is 24.0 Å². The normalized spacial score (nSPS) is 16.6. The van der Waals surface area contributed by atoms with E-state index < -0.39 is 37.0 Å². The molecule has 0 radical (unpaired) electrons. The largest absolute Gasteiger partial charge is 0.489 e. The van der Waals surface area contributed by atoms with E-state index in [1.54, 1.807) is 4.90 Å². The molecule has 1 saturated heterocycles. The van der Waals surface area contributed by atoms with Gasteiger partial charge in [-0.2, -0.15) is 22.0 Å². The van der Waals surface area contributed by atoms with Crippen molar-refractivity contribution >= 4 is 30.0 Å². The zero-order valence-corrected chi connectivity index (χ0v) is 19.6. The summed E-state index contributed by atoms with van der Waals surface area (Å²) < 4.78 is 82.2. The van der Waals surface area contributed by atoms with Crippen LogP contribution in [0.2, 0.25) is 5.02 Å². The molecule has 194 valence electrons. The number of halogens is 7. The molecule has 0 bridgehead atoms. The van der Waals surface area contributed by atoms with E-state index >= 15 is 0 Å². The fourth-order valence-corrected chi connectivity index (χ4v) is 3.76. The smallest absolute Gasteiger partial charge is 0.416 e. The molecule has 0 saturated carbocycles. The van der Waals surface area contributed by atoms with Crippen LogP contribution in [0.15, 0.2) is 36.4 Å². The van der Waals surface area contributed by atoms with Crippen LogP contribution in [-0.4, -0.2) is 48.8 Å². The van der Waals surface area contributed by atoms with Crippen LogP contribution in [0.1, 0.15) is 29.2 Å². The van der Waals surface area contributed by atoms with E-state index in [0.29, 0.717) is 6.54 Å². The van der Waals surface area contributed by atoms with Crippen molar-refractivity contribution in [1.82, 2.24) is 4.90 Å². The van der Waals surface area contributed by atoms with Crippen LogP contribution in [0.5, 0.6) is 11.5 Å². The number of benzene rings is 2. The van der Waals surface area contributed by atoms with Gasteiger partial charge in [0.15, 0.2) is 0 Å². The molecule has 0 amide bonds. The van der Waals surface area contributed by atoms with Crippen molar-refractivity contribution in [2.45, 2.75) is 31.9 Å². The molecule has 1 aliphatic heterocycles. The highest BCUT2D eigenvalue weighted by Gasteiger charge is 2.37. The fourth-order valence-electron chi connectivity index (χ4n) is 3.54. The zero-order valence-electron chi connectivity index (χ0n) is 18.1. The van der Waals surface area contributed by atoms with Crippen LogP contribution in [0, 0.1) is 0 Å². The number of carbonyl (C=O) groups is 1. The summed E-state index contributed by atoms with van der Waals surface area (Å²) in [5.41, 5.74) is -1.02. The molecule has 1 atom stereocenters. The van der Waals surface area contributed by atoms with E-state index in [2.05, 4.69) is 4.74 Å². The van der Waals surface area contributed by atoms with Crippen LogP contribution in [0.4, 0.5) is 22.0 Å². The molecule has 2 aromatic rings. The van der Waals surface area contributed by atoms with Gasteiger partial charge in [-0.3, -0.25) is 9.69 Å². The standard InChI is InChI=1S/C22H21ClF5NO5.ClH/c23-17-2-1-3-18(34-21(24)25)15(17)12-33-13-4-5-14(16(10-13)22(26,27)28)19-11-29(8-9-32-19)7-6-20(30)31;/h1-5,10,19,21H,6-9,11-12H2,(H,30,31);1H. The average Bonchev–Trinajstić information content (AvgIpc) is 2.76. The van der Waals surface area contributed by atoms with Crippen molar-refractivity contribution in [2.24, 2.45) is 0 Å². The number of hydrogen-bond donors (Lipinski definition) is 1. The van der Waals surface area contributed by atoms with E-state index in [9.17, 15) is 26.7 Å². The second-order valence-corrected chi connectivity index (χ2v) is 7.84. The highest BCUT2D eigenvalue weighted by atomic mass is 35.5. The van der Waals surface area contributed by atoms with Crippen LogP contribution < -0.4 is 9.47 Å². The minimum absolute atomic E-state index is 0. The molecule has 1 unspecified atom stereocenters. The lowest BCUT2D eigenvalue weighted by molar-refractivity contribution is -0.140. The summed E-state index contributed by atoms with van der Waals surface area (Å²) >= 11 is 6.03. The Hall–Kier alpha value is -2.34. The van der Waals surface area contributed by atoms with Crippen LogP contribution in [-0.2, 0) is 22.3 Å². The topological polar surface area (TPSA) is 68.2 Å². The number of ether oxygens (including phenoxy) is 3. The molecule has 1 aliphatic rings. The molecule has 13 heteroatoms. The fraction of sp³-hybridized carbons (Fsp3) is 0.409. The Morgan fingerprint density at radius 3 is 2.66 bits per heavy atom. The van der Waals surface area contributed by atoms with Gasteiger partial charge in [-0.1, -0.05) is 23.7 Å². The lowest BCUT2D eigenvalue weighted by Gasteiger charge is -2.34. The monoisotopic (exact) mass is 545 g/mol. The van der Waals surface area contributed by atoms with Crippen molar-refractivity contribution < 1.29 is 46.1 Å². The van der Waals surface area contributed by atoms with E-state index in [1.807, 2.05) is 0 Å². The summed E-state index contributed by atoms with van der Waals surface area (Å²) in [4.78, 5) is 12.5. The van der Waals surface area contributed by atoms with Crippen molar-refractivity contribution in [3.8, 4) is 11.5 Å². The molecule has 1 heterocycles. The van der Waals surface area contributed by atoms with Gasteiger partial charge in [0.2, 0.25) is 0 Å². The first-order chi connectivity index (χ1) is 16.0. The lowest BCUT2D eigenvalue weighted by atomic mass is 10.00. The van der Waals surface area contributed by atoms with Gasteiger partial charge in [-0.15, -0.1) is 12.4 Å². The minimum Gasteiger partial charge on any atom is -0.489 e. The average molecular weight is 546 g/mol. The summed E-state index contributed by atoms with van der Waals surface area (Å²) in [5, 5.41) is 8.90. The second-order valence-electron chi connectivity index (χ2n) is 7.43. The molecular formula is C22H22Cl2F5NO5. The minimum atomic E-state index is -4.73. The molecule has 0 aliphatic carbocycles. The van der Waals surface area contributed by atoms with Gasteiger partial charge >= 0.3 is 18.8 Å². The summed E-state index contributed by atoms with van der Waals surface area (Å²) in [6.45, 7) is -2.66. The first-order valence-corrected chi connectivity index (χ1v) is 10.5. The quantitative estimate of drug-likeness (QED) is 0.401. The van der Waals surface area contributed by atoms with Gasteiger partial charge in [0.25, 0.3) is 0 Å². The van der Waals surface area contributed by atoms with Crippen molar-refractivity contribution in [3.05, 3.63) is 58.1 Å². The third-order valence-electron chi connectivity index (χ3n) is 5.14. The van der Waals surface area contributed by atoms with Gasteiger partial charge in [0.05, 0.1) is 35.3 Å². The molecule has 35 heavy (non-hydrogen) atoms. The molecule has 2 aromatic carbocycles. The summed E-state index contributed by atoms with van der Waals surface area (Å²) in [6, 6.07) is 7.40. The zero-order chi connectivity index (χ0) is 24.9. The Morgan fingerprint density at radius 2 is 2.00 bits per heavy atom. The van der Waals surface area contributed by atoms with Crippen LogP contribution in [0.25, 0.3) is 0 Å². The highest BCUT2D eigenvalue weighted by Crippen LogP contribution is 2.39. The Morgan fingerprint density at radius 1 is 1.26 bits per heavy atom. The number of rotatable bonds is 9. The number of morpholine rings is 1. The SMILES string of the molecule is Cl.O=C(O)CCN1CCOC(c2ccc(OCc3c(Cl)cccc3OC(F)F)cc2C(F)(F)F)C1. The van der Waals surface area contributed by atoms with Gasteiger partial charge in [-0.05, 0) is 29.8 Å². The molecule has 0 spiro atoms. The molecule has 1 N–H and O–H groups in total. The first kappa shape index (κ1) is 28.9. The summed E-state index contributed by atoms with van der Waals surface area (Å²) in [7, 11) is 0. The number of aliphatic carboxylic acids is 1. The second kappa shape index (κ2) is 12.6. The van der Waals surface area contributed by atoms with E-state index in [4.69, 9.17) is 26.2 Å². The van der Waals surface area contributed by atoms with Gasteiger partial charge in [-0.25, -0.2) is 0 Å². The van der Waals surface area contributed by atoms with E-state index in [0.717, 1.165) is 6.07 Å². The Labute approximate surface area is 208 Å². The number of alkyl halides is 5. The first-order valence-electron chi connectivity index (χ1n) is 10.2. The maximum atomic E-state index is 13.8. The Balaban J connectivity index is 0.00000432.